The zero-order valence-corrected chi connectivity index (χ0v) is 13.3. The Kier molecular flexibility index (Phi) is 3.65. The first kappa shape index (κ1) is 14.1. The van der Waals surface area contributed by atoms with E-state index in [4.69, 9.17) is 16.3 Å². The van der Waals surface area contributed by atoms with Crippen molar-refractivity contribution in [1.82, 2.24) is 9.97 Å². The molecule has 2 aliphatic rings. The Labute approximate surface area is 126 Å². The summed E-state index contributed by atoms with van der Waals surface area (Å²) in [6, 6.07) is 0. The lowest BCUT2D eigenvalue weighted by molar-refractivity contribution is 0.0939. The van der Waals surface area contributed by atoms with Crippen LogP contribution in [0, 0.1) is 12.3 Å². The molecule has 0 bridgehead atoms. The zero-order chi connectivity index (χ0) is 14.3. The van der Waals surface area contributed by atoms with E-state index in [0.717, 1.165) is 24.2 Å². The molecule has 0 atom stereocenters. The van der Waals surface area contributed by atoms with E-state index < -0.39 is 0 Å². The number of aromatic nitrogens is 2. The topological polar surface area (TPSA) is 35.0 Å². The first-order valence-corrected chi connectivity index (χ1v) is 8.03. The van der Waals surface area contributed by atoms with E-state index in [1.807, 2.05) is 6.92 Å². The SMILES string of the molecule is Cc1c(Cl)nc(C2CC2)nc1OC1CCC(C)(C)CC1. The molecule has 1 aromatic rings. The van der Waals surface area contributed by atoms with E-state index >= 15 is 0 Å². The van der Waals surface area contributed by atoms with Crippen molar-refractivity contribution < 1.29 is 4.74 Å². The predicted octanol–water partition coefficient (Wildman–Crippen LogP) is 4.66. The maximum atomic E-state index is 6.22. The van der Waals surface area contributed by atoms with Crippen LogP contribution in [-0.2, 0) is 0 Å². The molecule has 0 amide bonds. The number of halogens is 1. The third-order valence-electron chi connectivity index (χ3n) is 4.57. The van der Waals surface area contributed by atoms with E-state index in [-0.39, 0.29) is 6.10 Å². The van der Waals surface area contributed by atoms with E-state index in [1.54, 1.807) is 0 Å². The molecule has 110 valence electrons. The third kappa shape index (κ3) is 3.08. The number of hydrogen-bond acceptors (Lipinski definition) is 3. The maximum Gasteiger partial charge on any atom is 0.221 e. The van der Waals surface area contributed by atoms with Gasteiger partial charge in [0.2, 0.25) is 5.88 Å². The van der Waals surface area contributed by atoms with Crippen LogP contribution in [0.15, 0.2) is 0 Å². The minimum atomic E-state index is 0.278. The summed E-state index contributed by atoms with van der Waals surface area (Å²) in [4.78, 5) is 8.99. The summed E-state index contributed by atoms with van der Waals surface area (Å²) in [7, 11) is 0. The monoisotopic (exact) mass is 294 g/mol. The summed E-state index contributed by atoms with van der Waals surface area (Å²) < 4.78 is 6.14. The molecule has 2 aliphatic carbocycles. The molecule has 0 saturated heterocycles. The van der Waals surface area contributed by atoms with Gasteiger partial charge in [0.15, 0.2) is 0 Å². The Morgan fingerprint density at radius 2 is 1.75 bits per heavy atom. The van der Waals surface area contributed by atoms with Crippen LogP contribution in [-0.4, -0.2) is 16.1 Å². The lowest BCUT2D eigenvalue weighted by atomic mass is 9.76. The van der Waals surface area contributed by atoms with E-state index in [1.165, 1.54) is 25.7 Å². The fourth-order valence-electron chi connectivity index (χ4n) is 2.77. The Hall–Kier alpha value is -0.830. The average molecular weight is 295 g/mol. The summed E-state index contributed by atoms with van der Waals surface area (Å²) in [5.41, 5.74) is 1.33. The summed E-state index contributed by atoms with van der Waals surface area (Å²) in [5, 5.41) is 0.549. The first-order valence-electron chi connectivity index (χ1n) is 7.65. The third-order valence-corrected chi connectivity index (χ3v) is 4.93. The molecule has 4 heteroatoms. The molecule has 0 unspecified atom stereocenters. The van der Waals surface area contributed by atoms with Gasteiger partial charge in [-0.05, 0) is 50.9 Å². The molecule has 0 N–H and O–H groups in total. The van der Waals surface area contributed by atoms with Gasteiger partial charge in [-0.2, -0.15) is 4.98 Å². The molecule has 20 heavy (non-hydrogen) atoms. The highest BCUT2D eigenvalue weighted by molar-refractivity contribution is 6.30. The number of ether oxygens (including phenoxy) is 1. The van der Waals surface area contributed by atoms with Crippen LogP contribution in [0.4, 0.5) is 0 Å². The Morgan fingerprint density at radius 1 is 1.10 bits per heavy atom. The summed E-state index contributed by atoms with van der Waals surface area (Å²) >= 11 is 6.22. The van der Waals surface area contributed by atoms with Crippen molar-refractivity contribution in [3.05, 3.63) is 16.5 Å². The molecule has 2 saturated carbocycles. The van der Waals surface area contributed by atoms with Crippen molar-refractivity contribution in [2.24, 2.45) is 5.41 Å². The van der Waals surface area contributed by atoms with Crippen LogP contribution in [0.1, 0.15) is 69.7 Å². The Bertz CT molecular complexity index is 501. The minimum Gasteiger partial charge on any atom is -0.474 e. The van der Waals surface area contributed by atoms with Gasteiger partial charge in [0.05, 0.1) is 0 Å². The van der Waals surface area contributed by atoms with Crippen LogP contribution < -0.4 is 4.74 Å². The van der Waals surface area contributed by atoms with Gasteiger partial charge in [-0.1, -0.05) is 25.4 Å². The van der Waals surface area contributed by atoms with Gasteiger partial charge in [-0.25, -0.2) is 4.98 Å². The number of hydrogen-bond donors (Lipinski definition) is 0. The largest absolute Gasteiger partial charge is 0.474 e. The van der Waals surface area contributed by atoms with Crippen LogP contribution >= 0.6 is 11.6 Å². The smallest absolute Gasteiger partial charge is 0.221 e. The van der Waals surface area contributed by atoms with Gasteiger partial charge < -0.3 is 4.74 Å². The van der Waals surface area contributed by atoms with E-state index in [9.17, 15) is 0 Å². The second-order valence-corrected chi connectivity index (χ2v) is 7.42. The molecule has 0 aliphatic heterocycles. The fourth-order valence-corrected chi connectivity index (χ4v) is 2.94. The summed E-state index contributed by atoms with van der Waals surface area (Å²) in [5.74, 6) is 2.07. The van der Waals surface area contributed by atoms with Crippen molar-refractivity contribution in [3.63, 3.8) is 0 Å². The molecule has 1 heterocycles. The average Bonchev–Trinajstić information content (AvgIpc) is 3.21. The zero-order valence-electron chi connectivity index (χ0n) is 12.6. The van der Waals surface area contributed by atoms with Gasteiger partial charge in [0, 0.05) is 11.5 Å². The molecule has 2 fully saturated rings. The number of nitrogens with zero attached hydrogens (tertiary/aromatic N) is 2. The van der Waals surface area contributed by atoms with E-state index in [0.29, 0.717) is 22.4 Å². The number of rotatable bonds is 3. The summed E-state index contributed by atoms with van der Waals surface area (Å²) in [6.45, 7) is 6.61. The standard InChI is InChI=1S/C16H23ClN2O/c1-10-13(17)18-14(11-4-5-11)19-15(10)20-12-6-8-16(2,3)9-7-12/h11-12H,4-9H2,1-3H3. The van der Waals surface area contributed by atoms with Crippen molar-refractivity contribution in [1.29, 1.82) is 0 Å². The molecular weight excluding hydrogens is 272 g/mol. The van der Waals surface area contributed by atoms with E-state index in [2.05, 4.69) is 23.8 Å². The maximum absolute atomic E-state index is 6.22. The van der Waals surface area contributed by atoms with Crippen LogP contribution in [0.2, 0.25) is 5.15 Å². The molecule has 3 nitrogen and oxygen atoms in total. The Morgan fingerprint density at radius 3 is 2.35 bits per heavy atom. The van der Waals surface area contributed by atoms with Crippen LogP contribution in [0.3, 0.4) is 0 Å². The highest BCUT2D eigenvalue weighted by Crippen LogP contribution is 2.41. The normalized spacial score (nSPS) is 22.8. The highest BCUT2D eigenvalue weighted by Gasteiger charge is 2.31. The molecular formula is C16H23ClN2O. The molecule has 3 rings (SSSR count). The van der Waals surface area contributed by atoms with Gasteiger partial charge in [-0.3, -0.25) is 0 Å². The lowest BCUT2D eigenvalue weighted by Crippen LogP contribution is -2.29. The molecule has 0 radical (unpaired) electrons. The van der Waals surface area contributed by atoms with Crippen molar-refractivity contribution in [2.45, 2.75) is 71.3 Å². The van der Waals surface area contributed by atoms with Crippen molar-refractivity contribution in [2.75, 3.05) is 0 Å². The summed E-state index contributed by atoms with van der Waals surface area (Å²) in [6.07, 6.45) is 7.27. The molecule has 0 aromatic carbocycles. The van der Waals surface area contributed by atoms with Crippen molar-refractivity contribution >= 4 is 11.6 Å². The molecule has 1 aromatic heterocycles. The Balaban J connectivity index is 1.73. The highest BCUT2D eigenvalue weighted by atomic mass is 35.5. The lowest BCUT2D eigenvalue weighted by Gasteiger charge is -2.34. The molecule has 0 spiro atoms. The van der Waals surface area contributed by atoms with Crippen LogP contribution in [0.5, 0.6) is 5.88 Å². The van der Waals surface area contributed by atoms with Gasteiger partial charge in [-0.15, -0.1) is 0 Å². The van der Waals surface area contributed by atoms with Gasteiger partial charge >= 0.3 is 0 Å². The van der Waals surface area contributed by atoms with Gasteiger partial charge in [0.1, 0.15) is 17.1 Å². The second-order valence-electron chi connectivity index (χ2n) is 7.06. The first-order chi connectivity index (χ1) is 9.44. The van der Waals surface area contributed by atoms with Crippen molar-refractivity contribution in [3.8, 4) is 5.88 Å². The van der Waals surface area contributed by atoms with Gasteiger partial charge in [0.25, 0.3) is 0 Å². The second kappa shape index (κ2) is 5.18. The quantitative estimate of drug-likeness (QED) is 0.760. The minimum absolute atomic E-state index is 0.278. The predicted molar refractivity (Wildman–Crippen MR) is 80.4 cm³/mol. The van der Waals surface area contributed by atoms with Crippen LogP contribution in [0.25, 0.3) is 0 Å². The fraction of sp³-hybridized carbons (Fsp3) is 0.750.